The molecule has 0 bridgehead atoms. The highest BCUT2D eigenvalue weighted by atomic mass is 16.5. The van der Waals surface area contributed by atoms with Crippen LogP contribution in [0.2, 0.25) is 0 Å². The van der Waals surface area contributed by atoms with Gasteiger partial charge in [0, 0.05) is 50.2 Å². The van der Waals surface area contributed by atoms with Crippen molar-refractivity contribution in [3.63, 3.8) is 0 Å². The third-order valence-corrected chi connectivity index (χ3v) is 5.78. The fraction of sp³-hybridized carbons (Fsp3) is 0.476. The number of ketones is 1. The number of carbonyl (C=O) groups excluding carboxylic acids is 1. The maximum Gasteiger partial charge on any atom is 0.201 e. The molecule has 1 aliphatic carbocycles. The van der Waals surface area contributed by atoms with Crippen molar-refractivity contribution in [3.05, 3.63) is 41.3 Å². The Bertz CT molecular complexity index is 899. The van der Waals surface area contributed by atoms with Gasteiger partial charge in [0.1, 0.15) is 5.52 Å². The molecule has 0 radical (unpaired) electrons. The minimum atomic E-state index is -0.370. The molecule has 1 aromatic carbocycles. The number of ether oxygens (including phenoxy) is 1. The van der Waals surface area contributed by atoms with Crippen molar-refractivity contribution in [2.45, 2.75) is 50.5 Å². The highest BCUT2D eigenvalue weighted by molar-refractivity contribution is 6.03. The maximum atomic E-state index is 12.7. The second-order valence-electron chi connectivity index (χ2n) is 7.51. The molecule has 5 nitrogen and oxygen atoms in total. The van der Waals surface area contributed by atoms with Gasteiger partial charge in [-0.2, -0.15) is 0 Å². The van der Waals surface area contributed by atoms with Crippen molar-refractivity contribution < 1.29 is 13.9 Å². The lowest BCUT2D eigenvalue weighted by molar-refractivity contribution is -0.117. The van der Waals surface area contributed by atoms with Gasteiger partial charge in [-0.05, 0) is 25.0 Å². The Morgan fingerprint density at radius 2 is 1.96 bits per heavy atom. The molecule has 5 rings (SSSR count). The van der Waals surface area contributed by atoms with E-state index in [1.54, 1.807) is 0 Å². The van der Waals surface area contributed by atoms with Crippen molar-refractivity contribution in [2.75, 3.05) is 13.2 Å². The average Bonchev–Trinajstić information content (AvgIpc) is 3.04. The molecule has 3 aliphatic rings. The van der Waals surface area contributed by atoms with Crippen LogP contribution in [0, 0.1) is 0 Å². The van der Waals surface area contributed by atoms with E-state index in [1.165, 1.54) is 5.57 Å². The van der Waals surface area contributed by atoms with E-state index in [9.17, 15) is 4.79 Å². The van der Waals surface area contributed by atoms with Gasteiger partial charge in [-0.1, -0.05) is 17.7 Å². The number of fused-ring (bicyclic) bond motifs is 2. The zero-order valence-electron chi connectivity index (χ0n) is 14.8. The molecule has 134 valence electrons. The van der Waals surface area contributed by atoms with Crippen LogP contribution >= 0.6 is 0 Å². The second-order valence-corrected chi connectivity index (χ2v) is 7.51. The fourth-order valence-corrected chi connectivity index (χ4v) is 4.66. The summed E-state index contributed by atoms with van der Waals surface area (Å²) in [5, 5.41) is 0. The number of benzene rings is 1. The quantitative estimate of drug-likeness (QED) is 0.826. The van der Waals surface area contributed by atoms with Gasteiger partial charge in [-0.25, -0.2) is 4.98 Å². The first-order valence-electron chi connectivity index (χ1n) is 9.49. The van der Waals surface area contributed by atoms with Crippen LogP contribution < -0.4 is 0 Å². The van der Waals surface area contributed by atoms with Gasteiger partial charge >= 0.3 is 0 Å². The van der Waals surface area contributed by atoms with Crippen molar-refractivity contribution >= 4 is 22.6 Å². The molecule has 0 saturated carbocycles. The molecule has 26 heavy (non-hydrogen) atoms. The Hall–Kier alpha value is -2.27. The van der Waals surface area contributed by atoms with E-state index in [1.807, 2.05) is 24.3 Å². The molecule has 3 heterocycles. The van der Waals surface area contributed by atoms with E-state index < -0.39 is 0 Å². The number of rotatable bonds is 2. The summed E-state index contributed by atoms with van der Waals surface area (Å²) in [7, 11) is 0. The van der Waals surface area contributed by atoms with Crippen LogP contribution in [0.25, 0.3) is 11.1 Å². The number of allylic oxidation sites excluding steroid dienone is 1. The topological polar surface area (TPSA) is 64.7 Å². The fourth-order valence-electron chi connectivity index (χ4n) is 4.66. The number of para-hydroxylation sites is 2. The number of oxazole rings is 1. The van der Waals surface area contributed by atoms with E-state index in [0.29, 0.717) is 37.7 Å². The maximum absolute atomic E-state index is 12.7. The first-order chi connectivity index (χ1) is 12.7. The first-order valence-corrected chi connectivity index (χ1v) is 9.49. The minimum absolute atomic E-state index is 0.304. The van der Waals surface area contributed by atoms with Gasteiger partial charge in [0.15, 0.2) is 11.4 Å². The molecule has 0 amide bonds. The standard InChI is InChI=1S/C21H22N2O3/c24-17-6-3-4-14-12-15(23-21(20(14)17)8-10-25-11-9-21)13-19-22-16-5-1-2-7-18(16)26-19/h1-2,5,7H,3-4,6,8-13H2. The van der Waals surface area contributed by atoms with Crippen LogP contribution in [-0.2, 0) is 16.0 Å². The third-order valence-electron chi connectivity index (χ3n) is 5.78. The molecule has 1 saturated heterocycles. The van der Waals surface area contributed by atoms with Crippen LogP contribution in [0.1, 0.15) is 44.4 Å². The highest BCUT2D eigenvalue weighted by Crippen LogP contribution is 2.43. The molecule has 1 fully saturated rings. The molecule has 0 N–H and O–H groups in total. The summed E-state index contributed by atoms with van der Waals surface area (Å²) in [5.74, 6) is 1.01. The number of nitrogens with zero attached hydrogens (tertiary/aromatic N) is 2. The number of aromatic nitrogens is 1. The minimum Gasteiger partial charge on any atom is -0.440 e. The number of hydrogen-bond donors (Lipinski definition) is 0. The molecule has 5 heteroatoms. The molecule has 0 atom stereocenters. The van der Waals surface area contributed by atoms with E-state index >= 15 is 0 Å². The zero-order valence-corrected chi connectivity index (χ0v) is 14.8. The van der Waals surface area contributed by atoms with Crippen LogP contribution in [0.4, 0.5) is 0 Å². The Morgan fingerprint density at radius 3 is 2.81 bits per heavy atom. The molecule has 1 aromatic heterocycles. The summed E-state index contributed by atoms with van der Waals surface area (Å²) in [6.45, 7) is 1.34. The molecule has 0 unspecified atom stereocenters. The Kier molecular flexibility index (Phi) is 3.78. The van der Waals surface area contributed by atoms with E-state index in [4.69, 9.17) is 14.1 Å². The van der Waals surface area contributed by atoms with Crippen LogP contribution in [0.15, 0.2) is 44.8 Å². The zero-order chi connectivity index (χ0) is 17.6. The summed E-state index contributed by atoms with van der Waals surface area (Å²) < 4.78 is 11.5. The van der Waals surface area contributed by atoms with Crippen molar-refractivity contribution in [2.24, 2.45) is 4.99 Å². The normalized spacial score (nSPS) is 22.6. The van der Waals surface area contributed by atoms with E-state index in [-0.39, 0.29) is 5.54 Å². The van der Waals surface area contributed by atoms with Gasteiger partial charge in [0.25, 0.3) is 0 Å². The predicted molar refractivity (Wildman–Crippen MR) is 98.4 cm³/mol. The van der Waals surface area contributed by atoms with E-state index in [2.05, 4.69) is 4.98 Å². The van der Waals surface area contributed by atoms with Crippen molar-refractivity contribution in [3.8, 4) is 0 Å². The lowest BCUT2D eigenvalue weighted by Crippen LogP contribution is -2.44. The lowest BCUT2D eigenvalue weighted by atomic mass is 9.71. The Balaban J connectivity index is 1.51. The predicted octanol–water partition coefficient (Wildman–Crippen LogP) is 3.81. The lowest BCUT2D eigenvalue weighted by Gasteiger charge is -2.41. The van der Waals surface area contributed by atoms with Gasteiger partial charge in [-0.15, -0.1) is 0 Å². The smallest absolute Gasteiger partial charge is 0.201 e. The summed E-state index contributed by atoms with van der Waals surface area (Å²) in [6, 6.07) is 7.83. The molecule has 1 spiro atoms. The van der Waals surface area contributed by atoms with Crippen molar-refractivity contribution in [1.29, 1.82) is 0 Å². The largest absolute Gasteiger partial charge is 0.440 e. The van der Waals surface area contributed by atoms with Crippen LogP contribution in [0.3, 0.4) is 0 Å². The third kappa shape index (κ3) is 2.62. The molecule has 2 aliphatic heterocycles. The highest BCUT2D eigenvalue weighted by Gasteiger charge is 2.44. The summed E-state index contributed by atoms with van der Waals surface area (Å²) in [6.07, 6.45) is 5.63. The Morgan fingerprint density at radius 1 is 1.12 bits per heavy atom. The number of carbonyl (C=O) groups is 1. The first kappa shape index (κ1) is 15.9. The van der Waals surface area contributed by atoms with E-state index in [0.717, 1.165) is 54.5 Å². The second kappa shape index (κ2) is 6.16. The molecule has 2 aromatic rings. The molecular weight excluding hydrogens is 328 g/mol. The van der Waals surface area contributed by atoms with Gasteiger partial charge in [0.05, 0.1) is 12.0 Å². The summed E-state index contributed by atoms with van der Waals surface area (Å²) >= 11 is 0. The summed E-state index contributed by atoms with van der Waals surface area (Å²) in [5.41, 5.74) is 4.72. The number of aliphatic imine (C=N–C) groups is 1. The Labute approximate surface area is 152 Å². The average molecular weight is 350 g/mol. The number of hydrogen-bond acceptors (Lipinski definition) is 5. The molecular formula is C21H22N2O3. The van der Waals surface area contributed by atoms with Crippen LogP contribution in [-0.4, -0.2) is 35.2 Å². The SMILES string of the molecule is O=C1CCCC2=C1C1(CCOCC1)N=C(Cc1nc3ccccc3o1)C2. The van der Waals surface area contributed by atoms with Gasteiger partial charge in [-0.3, -0.25) is 9.79 Å². The summed E-state index contributed by atoms with van der Waals surface area (Å²) in [4.78, 5) is 22.4. The number of Topliss-reactive ketones (excluding diaryl/α,β-unsaturated/α-hetero) is 1. The van der Waals surface area contributed by atoms with Crippen molar-refractivity contribution in [1.82, 2.24) is 4.98 Å². The van der Waals surface area contributed by atoms with Gasteiger partial charge < -0.3 is 9.15 Å². The van der Waals surface area contributed by atoms with Gasteiger partial charge in [0.2, 0.25) is 5.89 Å². The monoisotopic (exact) mass is 350 g/mol. The van der Waals surface area contributed by atoms with Crippen LogP contribution in [0.5, 0.6) is 0 Å². The number of dihydropyridines is 1.